The molecule has 0 saturated carbocycles. The Morgan fingerprint density at radius 1 is 1.56 bits per heavy atom. The average molecular weight is 438 g/mol. The molecule has 0 bridgehead atoms. The molecule has 6 heteroatoms. The van der Waals surface area contributed by atoms with Crippen LogP contribution in [0, 0.1) is 10.5 Å². The van der Waals surface area contributed by atoms with E-state index in [1.54, 1.807) is 11.3 Å². The maximum Gasteiger partial charge on any atom is 0.0947 e. The Balaban J connectivity index is 2.25. The standard InChI is InChI=1S/C12H13BrIN3S/c1-7-6-18-12(16-7)5-11(17-15)9-4-8(13)2-3-10(9)14/h2-4,6,11,17H,5,15H2,1H3. The molecule has 3 nitrogen and oxygen atoms in total. The predicted molar refractivity (Wildman–Crippen MR) is 87.5 cm³/mol. The molecule has 0 fully saturated rings. The van der Waals surface area contributed by atoms with E-state index >= 15 is 0 Å². The van der Waals surface area contributed by atoms with Crippen LogP contribution in [0.1, 0.15) is 22.3 Å². The van der Waals surface area contributed by atoms with Gasteiger partial charge in [-0.25, -0.2) is 4.98 Å². The lowest BCUT2D eigenvalue weighted by molar-refractivity contribution is 0.548. The number of hydrogen-bond acceptors (Lipinski definition) is 4. The molecule has 1 unspecified atom stereocenters. The summed E-state index contributed by atoms with van der Waals surface area (Å²) >= 11 is 7.51. The molecular formula is C12H13BrIN3S. The van der Waals surface area contributed by atoms with Crippen LogP contribution in [-0.4, -0.2) is 4.98 Å². The normalized spacial score (nSPS) is 12.7. The minimum absolute atomic E-state index is 0.0833. The van der Waals surface area contributed by atoms with Gasteiger partial charge in [-0.1, -0.05) is 15.9 Å². The van der Waals surface area contributed by atoms with Crippen molar-refractivity contribution in [3.8, 4) is 0 Å². The number of thiazole rings is 1. The number of hydrogen-bond donors (Lipinski definition) is 2. The van der Waals surface area contributed by atoms with Gasteiger partial charge in [0.05, 0.1) is 11.0 Å². The van der Waals surface area contributed by atoms with Crippen molar-refractivity contribution in [2.45, 2.75) is 19.4 Å². The molecule has 1 heterocycles. The zero-order valence-corrected chi connectivity index (χ0v) is 14.3. The first-order chi connectivity index (χ1) is 8.60. The third kappa shape index (κ3) is 3.51. The Bertz CT molecular complexity index is 544. The number of hydrazine groups is 1. The van der Waals surface area contributed by atoms with Crippen LogP contribution >= 0.6 is 49.9 Å². The Morgan fingerprint density at radius 2 is 2.33 bits per heavy atom. The quantitative estimate of drug-likeness (QED) is 0.436. The zero-order chi connectivity index (χ0) is 13.1. The molecule has 96 valence electrons. The van der Waals surface area contributed by atoms with E-state index in [4.69, 9.17) is 5.84 Å². The molecule has 2 rings (SSSR count). The molecule has 18 heavy (non-hydrogen) atoms. The van der Waals surface area contributed by atoms with Gasteiger partial charge in [0, 0.05) is 25.5 Å². The molecule has 0 saturated heterocycles. The first kappa shape index (κ1) is 14.4. The molecular weight excluding hydrogens is 425 g/mol. The maximum atomic E-state index is 5.69. The number of benzene rings is 1. The summed E-state index contributed by atoms with van der Waals surface area (Å²) in [6, 6.07) is 6.30. The van der Waals surface area contributed by atoms with Crippen molar-refractivity contribution in [2.24, 2.45) is 5.84 Å². The Hall–Kier alpha value is -0.0200. The van der Waals surface area contributed by atoms with E-state index in [1.165, 1.54) is 9.13 Å². The van der Waals surface area contributed by atoms with Gasteiger partial charge in [0.25, 0.3) is 0 Å². The highest BCUT2D eigenvalue weighted by molar-refractivity contribution is 14.1. The van der Waals surface area contributed by atoms with Gasteiger partial charge < -0.3 is 0 Å². The SMILES string of the molecule is Cc1csc(CC(NN)c2cc(Br)ccc2I)n1. The Morgan fingerprint density at radius 3 is 2.94 bits per heavy atom. The minimum Gasteiger partial charge on any atom is -0.271 e. The van der Waals surface area contributed by atoms with E-state index in [2.05, 4.69) is 66.4 Å². The summed E-state index contributed by atoms with van der Waals surface area (Å²) in [5.41, 5.74) is 5.14. The molecule has 0 aliphatic carbocycles. The second-order valence-corrected chi connectivity index (χ2v) is 6.99. The predicted octanol–water partition coefficient (Wildman–Crippen LogP) is 3.57. The van der Waals surface area contributed by atoms with Crippen molar-refractivity contribution in [1.29, 1.82) is 0 Å². The maximum absolute atomic E-state index is 5.69. The fraction of sp³-hybridized carbons (Fsp3) is 0.250. The van der Waals surface area contributed by atoms with E-state index in [0.717, 1.165) is 21.6 Å². The van der Waals surface area contributed by atoms with Gasteiger partial charge in [-0.15, -0.1) is 11.3 Å². The third-order valence-corrected chi connectivity index (χ3v) is 5.04. The van der Waals surface area contributed by atoms with Crippen LogP contribution in [0.4, 0.5) is 0 Å². The van der Waals surface area contributed by atoms with Gasteiger partial charge in [-0.05, 0) is 53.3 Å². The van der Waals surface area contributed by atoms with Crippen LogP contribution in [0.2, 0.25) is 0 Å². The van der Waals surface area contributed by atoms with Crippen LogP contribution in [0.5, 0.6) is 0 Å². The average Bonchev–Trinajstić information content (AvgIpc) is 2.75. The van der Waals surface area contributed by atoms with E-state index in [1.807, 2.05) is 13.0 Å². The summed E-state index contributed by atoms with van der Waals surface area (Å²) in [7, 11) is 0. The van der Waals surface area contributed by atoms with E-state index in [9.17, 15) is 0 Å². The lowest BCUT2D eigenvalue weighted by Gasteiger charge is -2.17. The van der Waals surface area contributed by atoms with E-state index in [0.29, 0.717) is 0 Å². The summed E-state index contributed by atoms with van der Waals surface area (Å²) in [5.74, 6) is 5.69. The van der Waals surface area contributed by atoms with Crippen LogP contribution in [0.3, 0.4) is 0 Å². The van der Waals surface area contributed by atoms with Gasteiger partial charge in [0.1, 0.15) is 0 Å². The Labute approximate surface area is 132 Å². The van der Waals surface area contributed by atoms with E-state index in [-0.39, 0.29) is 6.04 Å². The molecule has 1 aromatic heterocycles. The molecule has 0 radical (unpaired) electrons. The highest BCUT2D eigenvalue weighted by Crippen LogP contribution is 2.27. The highest BCUT2D eigenvalue weighted by atomic mass is 127. The van der Waals surface area contributed by atoms with Crippen molar-refractivity contribution < 1.29 is 0 Å². The van der Waals surface area contributed by atoms with Crippen LogP contribution in [-0.2, 0) is 6.42 Å². The van der Waals surface area contributed by atoms with Gasteiger partial charge >= 0.3 is 0 Å². The minimum atomic E-state index is 0.0833. The van der Waals surface area contributed by atoms with Gasteiger partial charge in [0.2, 0.25) is 0 Å². The third-order valence-electron chi connectivity index (χ3n) is 2.58. The number of halogens is 2. The lowest BCUT2D eigenvalue weighted by atomic mass is 10.1. The number of nitrogens with two attached hydrogens (primary N) is 1. The smallest absolute Gasteiger partial charge is 0.0947 e. The van der Waals surface area contributed by atoms with Crippen molar-refractivity contribution >= 4 is 49.9 Å². The first-order valence-electron chi connectivity index (χ1n) is 5.42. The monoisotopic (exact) mass is 437 g/mol. The molecule has 0 spiro atoms. The molecule has 3 N–H and O–H groups in total. The van der Waals surface area contributed by atoms with Crippen LogP contribution in [0.15, 0.2) is 28.1 Å². The molecule has 1 atom stereocenters. The summed E-state index contributed by atoms with van der Waals surface area (Å²) in [6.07, 6.45) is 0.807. The van der Waals surface area contributed by atoms with Crippen molar-refractivity contribution in [3.63, 3.8) is 0 Å². The fourth-order valence-corrected chi connectivity index (χ4v) is 3.62. The van der Waals surface area contributed by atoms with E-state index < -0.39 is 0 Å². The summed E-state index contributed by atoms with van der Waals surface area (Å²) in [5, 5.41) is 3.17. The van der Waals surface area contributed by atoms with Crippen molar-refractivity contribution in [3.05, 3.63) is 47.9 Å². The van der Waals surface area contributed by atoms with Gasteiger partial charge in [0.15, 0.2) is 0 Å². The molecule has 0 amide bonds. The van der Waals surface area contributed by atoms with Crippen LogP contribution < -0.4 is 11.3 Å². The largest absolute Gasteiger partial charge is 0.271 e. The molecule has 0 aliphatic rings. The number of nitrogens with zero attached hydrogens (tertiary/aromatic N) is 1. The zero-order valence-electron chi connectivity index (χ0n) is 9.78. The summed E-state index contributed by atoms with van der Waals surface area (Å²) in [4.78, 5) is 4.48. The number of aryl methyl sites for hydroxylation is 1. The van der Waals surface area contributed by atoms with Gasteiger partial charge in [-0.2, -0.15) is 0 Å². The topological polar surface area (TPSA) is 50.9 Å². The lowest BCUT2D eigenvalue weighted by Crippen LogP contribution is -2.30. The van der Waals surface area contributed by atoms with Gasteiger partial charge in [-0.3, -0.25) is 11.3 Å². The summed E-state index contributed by atoms with van der Waals surface area (Å²) in [6.45, 7) is 2.01. The second kappa shape index (κ2) is 6.42. The fourth-order valence-electron chi connectivity index (χ4n) is 1.71. The second-order valence-electron chi connectivity index (χ2n) is 3.97. The highest BCUT2D eigenvalue weighted by Gasteiger charge is 2.15. The van der Waals surface area contributed by atoms with Crippen molar-refractivity contribution in [2.75, 3.05) is 0 Å². The number of aromatic nitrogens is 1. The van der Waals surface area contributed by atoms with Crippen LogP contribution in [0.25, 0.3) is 0 Å². The van der Waals surface area contributed by atoms with Crippen molar-refractivity contribution in [1.82, 2.24) is 10.4 Å². The number of nitrogens with one attached hydrogen (secondary N) is 1. The Kier molecular flexibility index (Phi) is 5.14. The molecule has 0 aliphatic heterocycles. The summed E-state index contributed by atoms with van der Waals surface area (Å²) < 4.78 is 2.26. The number of rotatable bonds is 4. The molecule has 1 aromatic carbocycles. The first-order valence-corrected chi connectivity index (χ1v) is 8.17. The molecule has 2 aromatic rings.